The van der Waals surface area contributed by atoms with E-state index < -0.39 is 34.8 Å². The number of nitrogens with zero attached hydrogens (tertiary/aromatic N) is 2. The first-order chi connectivity index (χ1) is 15.5. The molecule has 0 saturated carbocycles. The van der Waals surface area contributed by atoms with Crippen LogP contribution in [0.15, 0.2) is 42.5 Å². The monoisotopic (exact) mass is 487 g/mol. The fourth-order valence-electron chi connectivity index (χ4n) is 3.35. The van der Waals surface area contributed by atoms with Crippen LogP contribution in [0.2, 0.25) is 0 Å². The molecule has 5 nitrogen and oxygen atoms in total. The third-order valence-corrected chi connectivity index (χ3v) is 6.85. The van der Waals surface area contributed by atoms with Crippen molar-refractivity contribution in [3.05, 3.63) is 65.2 Å². The smallest absolute Gasteiger partial charge is 0.326 e. The highest BCUT2D eigenvalue weighted by Crippen LogP contribution is 2.44. The van der Waals surface area contributed by atoms with E-state index in [4.69, 9.17) is 0 Å². The van der Waals surface area contributed by atoms with Crippen molar-refractivity contribution in [2.24, 2.45) is 0 Å². The van der Waals surface area contributed by atoms with Crippen molar-refractivity contribution in [2.45, 2.75) is 30.1 Å². The number of anilines is 1. The fourth-order valence-corrected chi connectivity index (χ4v) is 4.80. The van der Waals surface area contributed by atoms with Gasteiger partial charge in [0.2, 0.25) is 5.91 Å². The maximum atomic E-state index is 14.4. The largest absolute Gasteiger partial charge is 0.416 e. The van der Waals surface area contributed by atoms with Gasteiger partial charge in [-0.15, -0.1) is 11.8 Å². The van der Waals surface area contributed by atoms with Crippen LogP contribution in [0.3, 0.4) is 0 Å². The minimum atomic E-state index is -4.48. The Morgan fingerprint density at radius 3 is 2.39 bits per heavy atom. The number of nitrogens with one attached hydrogen (secondary N) is 1. The van der Waals surface area contributed by atoms with Gasteiger partial charge in [0.15, 0.2) is 0 Å². The molecule has 3 rings (SSSR count). The molecule has 0 aromatic heterocycles. The Morgan fingerprint density at radius 2 is 1.82 bits per heavy atom. The molecule has 1 aliphatic heterocycles. The van der Waals surface area contributed by atoms with Crippen molar-refractivity contribution in [3.8, 4) is 0 Å². The van der Waals surface area contributed by atoms with Gasteiger partial charge in [0.05, 0.1) is 10.8 Å². The first kappa shape index (κ1) is 24.8. The fraction of sp³-hybridized carbons (Fsp3) is 0.364. The lowest BCUT2D eigenvalue weighted by Gasteiger charge is -2.27. The minimum Gasteiger partial charge on any atom is -0.326 e. The van der Waals surface area contributed by atoms with Gasteiger partial charge in [-0.05, 0) is 36.8 Å². The van der Waals surface area contributed by atoms with E-state index in [2.05, 4.69) is 5.32 Å². The van der Waals surface area contributed by atoms with E-state index in [9.17, 15) is 31.5 Å². The Kier molecular flexibility index (Phi) is 7.51. The number of likely N-dealkylation sites (N-methyl/N-ethyl adjacent to an activating group) is 1. The number of carbonyl (C=O) groups excluding carboxylic acids is 2. The van der Waals surface area contributed by atoms with Crippen LogP contribution in [0.5, 0.6) is 0 Å². The first-order valence-electron chi connectivity index (χ1n) is 10.1. The van der Waals surface area contributed by atoms with Crippen molar-refractivity contribution in [3.63, 3.8) is 0 Å². The average molecular weight is 487 g/mol. The van der Waals surface area contributed by atoms with Crippen molar-refractivity contribution in [1.29, 1.82) is 0 Å². The molecule has 1 saturated heterocycles. The summed E-state index contributed by atoms with van der Waals surface area (Å²) in [5.74, 6) is -1.67. The zero-order chi connectivity index (χ0) is 24.3. The first-order valence-corrected chi connectivity index (χ1v) is 11.1. The highest BCUT2D eigenvalue weighted by Gasteiger charge is 2.41. The number of urea groups is 1. The third-order valence-electron chi connectivity index (χ3n) is 5.22. The second kappa shape index (κ2) is 9.98. The maximum Gasteiger partial charge on any atom is 0.416 e. The van der Waals surface area contributed by atoms with E-state index >= 15 is 0 Å². The summed E-state index contributed by atoms with van der Waals surface area (Å²) in [6.07, 6.45) is -3.94. The molecule has 0 aliphatic carbocycles. The molecule has 0 bridgehead atoms. The number of halogens is 5. The number of carbonyl (C=O) groups is 2. The van der Waals surface area contributed by atoms with E-state index in [1.54, 1.807) is 0 Å². The van der Waals surface area contributed by atoms with Crippen LogP contribution in [0.4, 0.5) is 32.4 Å². The van der Waals surface area contributed by atoms with Crippen molar-refractivity contribution < 1.29 is 31.5 Å². The van der Waals surface area contributed by atoms with Crippen LogP contribution < -0.4 is 5.32 Å². The molecule has 0 spiro atoms. The van der Waals surface area contributed by atoms with Crippen LogP contribution in [0.25, 0.3) is 0 Å². The van der Waals surface area contributed by atoms with Crippen molar-refractivity contribution >= 4 is 29.4 Å². The highest BCUT2D eigenvalue weighted by atomic mass is 32.2. The lowest BCUT2D eigenvalue weighted by atomic mass is 10.1. The molecule has 1 heterocycles. The van der Waals surface area contributed by atoms with E-state index in [0.29, 0.717) is 6.42 Å². The Morgan fingerprint density at radius 1 is 1.15 bits per heavy atom. The topological polar surface area (TPSA) is 52.6 Å². The van der Waals surface area contributed by atoms with Crippen molar-refractivity contribution in [2.75, 3.05) is 25.5 Å². The van der Waals surface area contributed by atoms with E-state index in [0.717, 1.165) is 36.4 Å². The van der Waals surface area contributed by atoms with Crippen LogP contribution in [0.1, 0.15) is 29.8 Å². The maximum absolute atomic E-state index is 14.4. The van der Waals surface area contributed by atoms with Gasteiger partial charge in [-0.3, -0.25) is 4.79 Å². The summed E-state index contributed by atoms with van der Waals surface area (Å²) in [4.78, 5) is 27.9. The number of alkyl halides is 3. The third kappa shape index (κ3) is 5.76. The number of amides is 3. The zero-order valence-electron chi connectivity index (χ0n) is 17.8. The zero-order valence-corrected chi connectivity index (χ0v) is 18.6. The molecular formula is C22H22F5N3O2S. The lowest BCUT2D eigenvalue weighted by Crippen LogP contribution is -2.40. The van der Waals surface area contributed by atoms with Gasteiger partial charge in [-0.25, -0.2) is 13.6 Å². The lowest BCUT2D eigenvalue weighted by molar-refractivity contribution is -0.137. The Hall–Kier alpha value is -2.82. The van der Waals surface area contributed by atoms with Gasteiger partial charge in [-0.1, -0.05) is 13.0 Å². The predicted octanol–water partition coefficient (Wildman–Crippen LogP) is 5.50. The van der Waals surface area contributed by atoms with Crippen LogP contribution in [-0.2, 0) is 11.0 Å². The quantitative estimate of drug-likeness (QED) is 0.548. The molecule has 2 aromatic carbocycles. The second-order valence-corrected chi connectivity index (χ2v) is 8.80. The number of hydrogen-bond acceptors (Lipinski definition) is 3. The molecule has 1 fully saturated rings. The summed E-state index contributed by atoms with van der Waals surface area (Å²) < 4.78 is 65.7. The standard InChI is InChI=1S/C22H22F5N3O2S/c1-3-18-19(31)30(20(33-18)16-9-6-14(23)12-17(16)24)11-10-29(2)21(32)28-15-7-4-13(5-8-15)22(25,26)27/h4-9,12,18,20H,3,10-11H2,1-2H3,(H,28,32)/t18-,20+/m1/s1. The molecule has 33 heavy (non-hydrogen) atoms. The average Bonchev–Trinajstić information content (AvgIpc) is 3.06. The van der Waals surface area contributed by atoms with Crippen LogP contribution in [-0.4, -0.2) is 47.1 Å². The number of hydrogen-bond donors (Lipinski definition) is 1. The second-order valence-electron chi connectivity index (χ2n) is 7.51. The number of benzene rings is 2. The van der Waals surface area contributed by atoms with Crippen LogP contribution in [0, 0.1) is 11.6 Å². The molecule has 0 radical (unpaired) electrons. The number of thioether (sulfide) groups is 1. The Labute approximate surface area is 191 Å². The van der Waals surface area contributed by atoms with Gasteiger partial charge < -0.3 is 15.1 Å². The Bertz CT molecular complexity index is 1020. The summed E-state index contributed by atoms with van der Waals surface area (Å²) >= 11 is 1.27. The van der Waals surface area contributed by atoms with Crippen LogP contribution >= 0.6 is 11.8 Å². The van der Waals surface area contributed by atoms with E-state index in [-0.39, 0.29) is 35.5 Å². The molecule has 3 amide bonds. The van der Waals surface area contributed by atoms with Gasteiger partial charge in [0.1, 0.15) is 17.0 Å². The predicted molar refractivity (Wildman–Crippen MR) is 116 cm³/mol. The molecule has 2 atom stereocenters. The summed E-state index contributed by atoms with van der Waals surface area (Å²) in [5.41, 5.74) is -0.462. The minimum absolute atomic E-state index is 0.0918. The Balaban J connectivity index is 1.65. The van der Waals surface area contributed by atoms with Gasteiger partial charge >= 0.3 is 12.2 Å². The van der Waals surface area contributed by atoms with E-state index in [1.807, 2.05) is 6.92 Å². The van der Waals surface area contributed by atoms with E-state index in [1.165, 1.54) is 34.7 Å². The molecule has 2 aromatic rings. The van der Waals surface area contributed by atoms with Gasteiger partial charge in [0.25, 0.3) is 0 Å². The summed E-state index contributed by atoms with van der Waals surface area (Å²) in [7, 11) is 1.47. The summed E-state index contributed by atoms with van der Waals surface area (Å²) in [6, 6.07) is 6.65. The highest BCUT2D eigenvalue weighted by molar-refractivity contribution is 8.01. The summed E-state index contributed by atoms with van der Waals surface area (Å²) in [5, 5.41) is 1.45. The molecule has 1 N–H and O–H groups in total. The SMILES string of the molecule is CC[C@H]1S[C@@H](c2ccc(F)cc2F)N(CCN(C)C(=O)Nc2ccc(C(F)(F)F)cc2)C1=O. The van der Waals surface area contributed by atoms with Gasteiger partial charge in [-0.2, -0.15) is 13.2 Å². The molecule has 11 heteroatoms. The number of rotatable bonds is 6. The molecule has 1 aliphatic rings. The van der Waals surface area contributed by atoms with Gasteiger partial charge in [0, 0.05) is 37.5 Å². The molecule has 0 unspecified atom stereocenters. The summed E-state index contributed by atoms with van der Waals surface area (Å²) in [6.45, 7) is 2.02. The van der Waals surface area contributed by atoms with Crippen molar-refractivity contribution in [1.82, 2.24) is 9.80 Å². The molecular weight excluding hydrogens is 465 g/mol. The normalized spacial score (nSPS) is 18.5. The molecule has 178 valence electrons.